The van der Waals surface area contributed by atoms with Gasteiger partial charge in [-0.15, -0.1) is 11.3 Å². The molecule has 0 atom stereocenters. The number of carbonyl (C=O) groups excluding carboxylic acids is 1. The Kier molecular flexibility index (Phi) is 6.12. The Bertz CT molecular complexity index is 772. The van der Waals surface area contributed by atoms with Gasteiger partial charge in [-0.3, -0.25) is 14.6 Å². The lowest BCUT2D eigenvalue weighted by Gasteiger charge is -2.27. The number of aromatic nitrogens is 1. The van der Waals surface area contributed by atoms with E-state index in [1.807, 2.05) is 0 Å². The maximum Gasteiger partial charge on any atom is 0.268 e. The number of likely N-dealkylation sites (tertiary alicyclic amines) is 1. The zero-order chi connectivity index (χ0) is 18.6. The number of amides is 1. The van der Waals surface area contributed by atoms with Crippen molar-refractivity contribution < 1.29 is 9.53 Å². The van der Waals surface area contributed by atoms with Crippen molar-refractivity contribution >= 4 is 27.5 Å². The topological polar surface area (TPSA) is 60.6 Å². The van der Waals surface area contributed by atoms with E-state index >= 15 is 0 Å². The van der Waals surface area contributed by atoms with Gasteiger partial charge >= 0.3 is 0 Å². The molecule has 2 aromatic rings. The molecule has 4 heterocycles. The van der Waals surface area contributed by atoms with Gasteiger partial charge in [-0.25, -0.2) is 0 Å². The number of fused-ring (bicyclic) bond motifs is 1. The minimum absolute atomic E-state index is 0.0244. The first-order chi connectivity index (χ1) is 13.2. The zero-order valence-corrected chi connectivity index (χ0v) is 17.0. The fraction of sp³-hybridized carbons (Fsp3) is 0.650. The first-order valence-corrected chi connectivity index (χ1v) is 10.9. The molecule has 6 nitrogen and oxygen atoms in total. The highest BCUT2D eigenvalue weighted by Gasteiger charge is 2.22. The van der Waals surface area contributed by atoms with Gasteiger partial charge in [0.05, 0.1) is 23.4 Å². The number of aromatic amines is 1. The fourth-order valence-electron chi connectivity index (χ4n) is 4.08. The molecule has 0 aromatic carbocycles. The van der Waals surface area contributed by atoms with Gasteiger partial charge in [0.25, 0.3) is 5.91 Å². The molecule has 4 rings (SSSR count). The van der Waals surface area contributed by atoms with Crippen LogP contribution < -0.4 is 5.32 Å². The number of piperidine rings is 1. The number of carbonyl (C=O) groups is 1. The minimum atomic E-state index is 0.0244. The molecule has 2 saturated heterocycles. The first kappa shape index (κ1) is 18.9. The van der Waals surface area contributed by atoms with Crippen molar-refractivity contribution in [2.75, 3.05) is 52.5 Å². The van der Waals surface area contributed by atoms with Crippen molar-refractivity contribution in [3.05, 3.63) is 22.2 Å². The summed E-state index contributed by atoms with van der Waals surface area (Å²) >= 11 is 1.79. The molecule has 0 unspecified atom stereocenters. The van der Waals surface area contributed by atoms with E-state index in [4.69, 9.17) is 4.74 Å². The number of morpholine rings is 1. The maximum absolute atomic E-state index is 12.9. The summed E-state index contributed by atoms with van der Waals surface area (Å²) < 4.78 is 6.63. The number of ether oxygens (including phenoxy) is 1. The highest BCUT2D eigenvalue weighted by atomic mass is 32.1. The van der Waals surface area contributed by atoms with Gasteiger partial charge in [0.1, 0.15) is 5.69 Å². The van der Waals surface area contributed by atoms with Crippen LogP contribution in [0, 0.1) is 6.92 Å². The van der Waals surface area contributed by atoms with Crippen LogP contribution in [-0.4, -0.2) is 73.2 Å². The summed E-state index contributed by atoms with van der Waals surface area (Å²) in [6.45, 7) is 10.3. The van der Waals surface area contributed by atoms with Gasteiger partial charge in [-0.2, -0.15) is 0 Å². The predicted octanol–water partition coefficient (Wildman–Crippen LogP) is 2.59. The first-order valence-electron chi connectivity index (χ1n) is 10.1. The lowest BCUT2D eigenvalue weighted by atomic mass is 10.1. The second kappa shape index (κ2) is 8.73. The number of rotatable bonds is 6. The maximum atomic E-state index is 12.9. The van der Waals surface area contributed by atoms with Crippen LogP contribution in [0.3, 0.4) is 0 Å². The van der Waals surface area contributed by atoms with E-state index in [0.717, 1.165) is 63.7 Å². The van der Waals surface area contributed by atoms with Crippen LogP contribution in [-0.2, 0) is 11.3 Å². The summed E-state index contributed by atoms with van der Waals surface area (Å²) in [6, 6.07) is 2.16. The van der Waals surface area contributed by atoms with Crippen LogP contribution in [0.15, 0.2) is 6.07 Å². The average Bonchev–Trinajstić information content (AvgIpc) is 3.20. The number of nitrogens with one attached hydrogen (secondary N) is 2. The van der Waals surface area contributed by atoms with Gasteiger partial charge in [0, 0.05) is 43.2 Å². The predicted molar refractivity (Wildman–Crippen MR) is 110 cm³/mol. The Hall–Kier alpha value is -1.41. The molecule has 0 aliphatic carbocycles. The van der Waals surface area contributed by atoms with Crippen LogP contribution in [0.1, 0.15) is 40.2 Å². The molecule has 2 aliphatic heterocycles. The summed E-state index contributed by atoms with van der Waals surface area (Å²) in [5.41, 5.74) is 3.03. The van der Waals surface area contributed by atoms with Crippen molar-refractivity contribution in [1.29, 1.82) is 0 Å². The van der Waals surface area contributed by atoms with Gasteiger partial charge in [0.15, 0.2) is 0 Å². The number of nitrogens with zero attached hydrogens (tertiary/aromatic N) is 2. The molecule has 2 aliphatic rings. The summed E-state index contributed by atoms with van der Waals surface area (Å²) in [4.78, 5) is 22.4. The van der Waals surface area contributed by atoms with Gasteiger partial charge in [-0.1, -0.05) is 6.42 Å². The third kappa shape index (κ3) is 4.54. The quantitative estimate of drug-likeness (QED) is 0.796. The molecular weight excluding hydrogens is 360 g/mol. The molecule has 1 amide bonds. The smallest absolute Gasteiger partial charge is 0.268 e. The third-order valence-electron chi connectivity index (χ3n) is 5.57. The number of hydrogen-bond donors (Lipinski definition) is 2. The second-order valence-electron chi connectivity index (χ2n) is 7.63. The molecule has 2 aromatic heterocycles. The lowest BCUT2D eigenvalue weighted by molar-refractivity contribution is 0.0383. The van der Waals surface area contributed by atoms with Crippen molar-refractivity contribution in [3.8, 4) is 0 Å². The van der Waals surface area contributed by atoms with Crippen molar-refractivity contribution in [2.24, 2.45) is 0 Å². The SMILES string of the molecule is Cc1cc2[nH]c(C(=O)NCCN3CCOCC3)c(CN3CCCCC3)c2s1. The Balaban J connectivity index is 1.45. The van der Waals surface area contributed by atoms with Crippen LogP contribution in [0.25, 0.3) is 10.2 Å². The fourth-order valence-corrected chi connectivity index (χ4v) is 5.09. The van der Waals surface area contributed by atoms with Crippen LogP contribution in [0.2, 0.25) is 0 Å². The third-order valence-corrected chi connectivity index (χ3v) is 6.68. The van der Waals surface area contributed by atoms with E-state index in [-0.39, 0.29) is 5.91 Å². The monoisotopic (exact) mass is 390 g/mol. The molecule has 0 radical (unpaired) electrons. The van der Waals surface area contributed by atoms with Crippen molar-refractivity contribution in [2.45, 2.75) is 32.7 Å². The van der Waals surface area contributed by atoms with E-state index in [9.17, 15) is 4.79 Å². The van der Waals surface area contributed by atoms with Gasteiger partial charge in [-0.05, 0) is 38.9 Å². The number of hydrogen-bond acceptors (Lipinski definition) is 5. The van der Waals surface area contributed by atoms with E-state index in [2.05, 4.69) is 33.1 Å². The highest BCUT2D eigenvalue weighted by molar-refractivity contribution is 7.19. The van der Waals surface area contributed by atoms with Crippen LogP contribution >= 0.6 is 11.3 Å². The summed E-state index contributed by atoms with van der Waals surface area (Å²) in [5, 5.41) is 3.12. The molecule has 27 heavy (non-hydrogen) atoms. The van der Waals surface area contributed by atoms with Gasteiger partial charge in [0.2, 0.25) is 0 Å². The molecule has 148 valence electrons. The summed E-state index contributed by atoms with van der Waals surface area (Å²) in [7, 11) is 0. The Labute approximate surface area is 164 Å². The van der Waals surface area contributed by atoms with Gasteiger partial charge < -0.3 is 15.0 Å². The number of aryl methyl sites for hydroxylation is 1. The Morgan fingerprint density at radius 3 is 2.74 bits per heavy atom. The molecule has 2 N–H and O–H groups in total. The Morgan fingerprint density at radius 1 is 1.19 bits per heavy atom. The van der Waals surface area contributed by atoms with Crippen molar-refractivity contribution in [1.82, 2.24) is 20.1 Å². The van der Waals surface area contributed by atoms with Crippen LogP contribution in [0.5, 0.6) is 0 Å². The number of H-pyrrole nitrogens is 1. The molecule has 0 saturated carbocycles. The average molecular weight is 391 g/mol. The standard InChI is InChI=1S/C20H30N4O2S/c1-15-13-17-19(27-15)16(14-24-6-3-2-4-7-24)18(22-17)20(25)21-5-8-23-9-11-26-12-10-23/h13,22H,2-12,14H2,1H3,(H,21,25). The van der Waals surface area contributed by atoms with Crippen LogP contribution in [0.4, 0.5) is 0 Å². The molecular formula is C20H30N4O2S. The summed E-state index contributed by atoms with van der Waals surface area (Å²) in [5.74, 6) is 0.0244. The van der Waals surface area contributed by atoms with E-state index in [1.54, 1.807) is 11.3 Å². The molecule has 2 fully saturated rings. The lowest BCUT2D eigenvalue weighted by Crippen LogP contribution is -2.41. The second-order valence-corrected chi connectivity index (χ2v) is 8.88. The zero-order valence-electron chi connectivity index (χ0n) is 16.2. The van der Waals surface area contributed by atoms with E-state index in [0.29, 0.717) is 6.54 Å². The Morgan fingerprint density at radius 2 is 1.96 bits per heavy atom. The normalized spacial score (nSPS) is 19.6. The largest absolute Gasteiger partial charge is 0.379 e. The molecule has 0 bridgehead atoms. The molecule has 0 spiro atoms. The highest BCUT2D eigenvalue weighted by Crippen LogP contribution is 2.32. The number of thiophene rings is 1. The van der Waals surface area contributed by atoms with Crippen molar-refractivity contribution in [3.63, 3.8) is 0 Å². The van der Waals surface area contributed by atoms with E-state index < -0.39 is 0 Å². The minimum Gasteiger partial charge on any atom is -0.379 e. The van der Waals surface area contributed by atoms with E-state index in [1.165, 1.54) is 34.4 Å². The molecule has 7 heteroatoms. The summed E-state index contributed by atoms with van der Waals surface area (Å²) in [6.07, 6.45) is 3.85.